The SMILES string of the molecule is C=CC(=O)OCCOc1ccc(CCCC)cc1. The number of rotatable bonds is 8. The summed E-state index contributed by atoms with van der Waals surface area (Å²) < 4.78 is 10.3. The molecule has 1 aromatic carbocycles. The Morgan fingerprint density at radius 3 is 2.61 bits per heavy atom. The summed E-state index contributed by atoms with van der Waals surface area (Å²) in [6.45, 7) is 6.09. The number of carbonyl (C=O) groups is 1. The van der Waals surface area contributed by atoms with E-state index in [0.29, 0.717) is 6.61 Å². The molecule has 18 heavy (non-hydrogen) atoms. The summed E-state index contributed by atoms with van der Waals surface area (Å²) in [4.78, 5) is 10.8. The van der Waals surface area contributed by atoms with Crippen molar-refractivity contribution in [1.29, 1.82) is 0 Å². The van der Waals surface area contributed by atoms with Crippen molar-refractivity contribution >= 4 is 5.97 Å². The highest BCUT2D eigenvalue weighted by Gasteiger charge is 1.98. The molecule has 0 bridgehead atoms. The molecule has 0 unspecified atom stereocenters. The predicted octanol–water partition coefficient (Wildman–Crippen LogP) is 3.14. The number of esters is 1. The van der Waals surface area contributed by atoms with E-state index in [2.05, 4.69) is 25.6 Å². The van der Waals surface area contributed by atoms with Crippen LogP contribution in [0.2, 0.25) is 0 Å². The minimum atomic E-state index is -0.423. The highest BCUT2D eigenvalue weighted by Crippen LogP contribution is 2.13. The van der Waals surface area contributed by atoms with Crippen molar-refractivity contribution in [2.24, 2.45) is 0 Å². The molecule has 0 atom stereocenters. The summed E-state index contributed by atoms with van der Waals surface area (Å²) in [6.07, 6.45) is 4.65. The minimum absolute atomic E-state index is 0.239. The van der Waals surface area contributed by atoms with Crippen molar-refractivity contribution in [2.75, 3.05) is 13.2 Å². The molecule has 0 saturated heterocycles. The van der Waals surface area contributed by atoms with E-state index in [1.54, 1.807) is 0 Å². The highest BCUT2D eigenvalue weighted by molar-refractivity contribution is 5.81. The van der Waals surface area contributed by atoms with Crippen LogP contribution in [-0.2, 0) is 16.0 Å². The quantitative estimate of drug-likeness (QED) is 0.403. The first-order chi connectivity index (χ1) is 8.76. The summed E-state index contributed by atoms with van der Waals surface area (Å²) in [5, 5.41) is 0. The van der Waals surface area contributed by atoms with Gasteiger partial charge in [-0.15, -0.1) is 0 Å². The Balaban J connectivity index is 2.26. The summed E-state index contributed by atoms with van der Waals surface area (Å²) in [5.41, 5.74) is 1.32. The van der Waals surface area contributed by atoms with E-state index in [1.165, 1.54) is 18.4 Å². The molecule has 0 aromatic heterocycles. The van der Waals surface area contributed by atoms with E-state index < -0.39 is 5.97 Å². The number of unbranched alkanes of at least 4 members (excludes halogenated alkanes) is 1. The van der Waals surface area contributed by atoms with Crippen LogP contribution in [0.5, 0.6) is 5.75 Å². The molecule has 0 radical (unpaired) electrons. The van der Waals surface area contributed by atoms with Crippen molar-refractivity contribution in [1.82, 2.24) is 0 Å². The molecule has 98 valence electrons. The number of benzene rings is 1. The molecule has 0 aliphatic rings. The number of ether oxygens (including phenoxy) is 2. The lowest BCUT2D eigenvalue weighted by molar-refractivity contribution is -0.138. The molecule has 3 heteroatoms. The van der Waals surface area contributed by atoms with Crippen LogP contribution in [0.1, 0.15) is 25.3 Å². The molecule has 0 amide bonds. The van der Waals surface area contributed by atoms with Gasteiger partial charge in [0.05, 0.1) is 0 Å². The molecule has 0 fully saturated rings. The van der Waals surface area contributed by atoms with Crippen LogP contribution in [0.25, 0.3) is 0 Å². The molecule has 3 nitrogen and oxygen atoms in total. The second-order valence-corrected chi connectivity index (χ2v) is 3.97. The molecule has 1 rings (SSSR count). The van der Waals surface area contributed by atoms with Gasteiger partial charge in [0.1, 0.15) is 19.0 Å². The third kappa shape index (κ3) is 5.53. The average Bonchev–Trinajstić information content (AvgIpc) is 2.42. The zero-order valence-electron chi connectivity index (χ0n) is 10.9. The van der Waals surface area contributed by atoms with Gasteiger partial charge in [-0.25, -0.2) is 4.79 Å². The first-order valence-electron chi connectivity index (χ1n) is 6.27. The van der Waals surface area contributed by atoms with E-state index in [0.717, 1.165) is 18.2 Å². The maximum Gasteiger partial charge on any atom is 0.330 e. The number of hydrogen-bond acceptors (Lipinski definition) is 3. The van der Waals surface area contributed by atoms with Gasteiger partial charge in [0, 0.05) is 6.08 Å². The summed E-state index contributed by atoms with van der Waals surface area (Å²) in [5.74, 6) is 0.374. The largest absolute Gasteiger partial charge is 0.490 e. The lowest BCUT2D eigenvalue weighted by atomic mass is 10.1. The third-order valence-electron chi connectivity index (χ3n) is 2.51. The summed E-state index contributed by atoms with van der Waals surface area (Å²) in [6, 6.07) is 8.03. The van der Waals surface area contributed by atoms with Crippen LogP contribution in [0, 0.1) is 0 Å². The van der Waals surface area contributed by atoms with E-state index in [1.807, 2.05) is 12.1 Å². The molecule has 0 spiro atoms. The van der Waals surface area contributed by atoms with Gasteiger partial charge in [-0.3, -0.25) is 0 Å². The fourth-order valence-corrected chi connectivity index (χ4v) is 1.49. The Labute approximate surface area is 108 Å². The molecule has 0 aliphatic heterocycles. The number of hydrogen-bond donors (Lipinski definition) is 0. The summed E-state index contributed by atoms with van der Waals surface area (Å²) >= 11 is 0. The first-order valence-corrected chi connectivity index (χ1v) is 6.27. The molecule has 0 heterocycles. The second-order valence-electron chi connectivity index (χ2n) is 3.97. The Hall–Kier alpha value is -1.77. The number of aryl methyl sites for hydroxylation is 1. The lowest BCUT2D eigenvalue weighted by Crippen LogP contribution is -2.10. The van der Waals surface area contributed by atoms with Crippen LogP contribution in [0.15, 0.2) is 36.9 Å². The van der Waals surface area contributed by atoms with Crippen LogP contribution in [-0.4, -0.2) is 19.2 Å². The Morgan fingerprint density at radius 2 is 2.00 bits per heavy atom. The molecule has 0 saturated carbocycles. The van der Waals surface area contributed by atoms with Gasteiger partial charge < -0.3 is 9.47 Å². The average molecular weight is 248 g/mol. The first kappa shape index (κ1) is 14.3. The van der Waals surface area contributed by atoms with Crippen LogP contribution >= 0.6 is 0 Å². The highest BCUT2D eigenvalue weighted by atomic mass is 16.6. The van der Waals surface area contributed by atoms with E-state index in [4.69, 9.17) is 9.47 Å². The maximum absolute atomic E-state index is 10.8. The fraction of sp³-hybridized carbons (Fsp3) is 0.400. The van der Waals surface area contributed by atoms with Crippen molar-refractivity contribution in [3.05, 3.63) is 42.5 Å². The monoisotopic (exact) mass is 248 g/mol. The van der Waals surface area contributed by atoms with Gasteiger partial charge >= 0.3 is 5.97 Å². The van der Waals surface area contributed by atoms with Crippen LogP contribution < -0.4 is 4.74 Å². The van der Waals surface area contributed by atoms with Crippen molar-refractivity contribution in [2.45, 2.75) is 26.2 Å². The van der Waals surface area contributed by atoms with Gasteiger partial charge in [-0.2, -0.15) is 0 Å². The number of carbonyl (C=O) groups excluding carboxylic acids is 1. The second kappa shape index (κ2) is 8.34. The van der Waals surface area contributed by atoms with Crippen molar-refractivity contribution in [3.63, 3.8) is 0 Å². The molecular formula is C15H20O3. The molecule has 1 aromatic rings. The van der Waals surface area contributed by atoms with E-state index in [9.17, 15) is 4.79 Å². The Kier molecular flexibility index (Phi) is 6.62. The Bertz CT molecular complexity index is 368. The zero-order valence-corrected chi connectivity index (χ0v) is 10.9. The molecule has 0 N–H and O–H groups in total. The third-order valence-corrected chi connectivity index (χ3v) is 2.51. The van der Waals surface area contributed by atoms with Gasteiger partial charge in [0.15, 0.2) is 0 Å². The van der Waals surface area contributed by atoms with Crippen molar-refractivity contribution < 1.29 is 14.3 Å². The van der Waals surface area contributed by atoms with Gasteiger partial charge in [-0.05, 0) is 30.5 Å². The van der Waals surface area contributed by atoms with Crippen molar-refractivity contribution in [3.8, 4) is 5.75 Å². The van der Waals surface area contributed by atoms with Crippen LogP contribution in [0.4, 0.5) is 0 Å². The summed E-state index contributed by atoms with van der Waals surface area (Å²) in [7, 11) is 0. The molecular weight excluding hydrogens is 228 g/mol. The van der Waals surface area contributed by atoms with Gasteiger partial charge in [0.25, 0.3) is 0 Å². The molecule has 0 aliphatic carbocycles. The normalized spacial score (nSPS) is 9.83. The maximum atomic E-state index is 10.8. The van der Waals surface area contributed by atoms with Gasteiger partial charge in [-0.1, -0.05) is 32.1 Å². The topological polar surface area (TPSA) is 35.5 Å². The Morgan fingerprint density at radius 1 is 1.28 bits per heavy atom. The predicted molar refractivity (Wildman–Crippen MR) is 71.7 cm³/mol. The van der Waals surface area contributed by atoms with E-state index >= 15 is 0 Å². The standard InChI is InChI=1S/C15H20O3/c1-3-5-6-13-7-9-14(10-8-13)17-11-12-18-15(16)4-2/h4,7-10H,2-3,5-6,11-12H2,1H3. The fourth-order valence-electron chi connectivity index (χ4n) is 1.49. The minimum Gasteiger partial charge on any atom is -0.490 e. The smallest absolute Gasteiger partial charge is 0.330 e. The van der Waals surface area contributed by atoms with E-state index in [-0.39, 0.29) is 6.61 Å². The zero-order chi connectivity index (χ0) is 13.2. The van der Waals surface area contributed by atoms with Crippen LogP contribution in [0.3, 0.4) is 0 Å². The van der Waals surface area contributed by atoms with Gasteiger partial charge in [0.2, 0.25) is 0 Å². The lowest BCUT2D eigenvalue weighted by Gasteiger charge is -2.07.